The summed E-state index contributed by atoms with van der Waals surface area (Å²) in [5.41, 5.74) is 1.57. The predicted molar refractivity (Wildman–Crippen MR) is 128 cm³/mol. The summed E-state index contributed by atoms with van der Waals surface area (Å²) in [6.07, 6.45) is 1.50. The van der Waals surface area contributed by atoms with E-state index in [1.807, 2.05) is 50.1 Å². The van der Waals surface area contributed by atoms with Gasteiger partial charge in [-0.3, -0.25) is 4.79 Å². The molecule has 1 amide bonds. The molecule has 0 unspecified atom stereocenters. The minimum Gasteiger partial charge on any atom is -0.493 e. The first kappa shape index (κ1) is 24.2. The van der Waals surface area contributed by atoms with E-state index in [1.54, 1.807) is 38.4 Å². The van der Waals surface area contributed by atoms with Crippen molar-refractivity contribution in [3.05, 3.63) is 41.9 Å². The van der Waals surface area contributed by atoms with Gasteiger partial charge in [-0.2, -0.15) is 0 Å². The maximum absolute atomic E-state index is 13.2. The minimum atomic E-state index is -0.175. The highest BCUT2D eigenvalue weighted by Crippen LogP contribution is 2.44. The summed E-state index contributed by atoms with van der Waals surface area (Å²) in [4.78, 5) is 23.8. The van der Waals surface area contributed by atoms with Crippen LogP contribution in [0.3, 0.4) is 0 Å². The molecule has 0 spiro atoms. The zero-order valence-corrected chi connectivity index (χ0v) is 20.3. The number of hydrogen-bond acceptors (Lipinski definition) is 8. The minimum absolute atomic E-state index is 0.175. The fourth-order valence-electron chi connectivity index (χ4n) is 3.66. The van der Waals surface area contributed by atoms with Crippen LogP contribution in [0.15, 0.2) is 34.9 Å². The van der Waals surface area contributed by atoms with Crippen molar-refractivity contribution >= 4 is 22.6 Å². The molecule has 9 heteroatoms. The molecule has 2 aromatic heterocycles. The van der Waals surface area contributed by atoms with Crippen molar-refractivity contribution in [3.8, 4) is 17.2 Å². The standard InChI is InChI=1S/C24H32N4O5/c1-26(2)10-11-28(24(29)19-9-8-12-33-19)15-16-13-17-18(25-23(16)27(3)4)14-20(30-5)22(32-7)21(17)31-6/h8-9,12-14H,10-11,15H2,1-7H3. The van der Waals surface area contributed by atoms with Crippen molar-refractivity contribution in [2.75, 3.05) is 67.5 Å². The highest BCUT2D eigenvalue weighted by Gasteiger charge is 2.23. The lowest BCUT2D eigenvalue weighted by Crippen LogP contribution is -2.36. The van der Waals surface area contributed by atoms with Crippen LogP contribution < -0.4 is 19.1 Å². The Morgan fingerprint density at radius 3 is 2.27 bits per heavy atom. The summed E-state index contributed by atoms with van der Waals surface area (Å²) < 4.78 is 22.1. The second-order valence-electron chi connectivity index (χ2n) is 8.08. The van der Waals surface area contributed by atoms with Crippen LogP contribution >= 0.6 is 0 Å². The molecule has 9 nitrogen and oxygen atoms in total. The number of furan rings is 1. The number of aromatic nitrogens is 1. The van der Waals surface area contributed by atoms with Crippen LogP contribution in [-0.4, -0.2) is 83.3 Å². The first-order valence-electron chi connectivity index (χ1n) is 10.6. The van der Waals surface area contributed by atoms with Crippen LogP contribution in [0.5, 0.6) is 17.2 Å². The van der Waals surface area contributed by atoms with E-state index in [-0.39, 0.29) is 5.91 Å². The molecule has 0 saturated carbocycles. The van der Waals surface area contributed by atoms with E-state index in [9.17, 15) is 4.79 Å². The predicted octanol–water partition coefficient (Wildman–Crippen LogP) is 3.12. The van der Waals surface area contributed by atoms with Crippen LogP contribution in [0.25, 0.3) is 10.9 Å². The van der Waals surface area contributed by atoms with E-state index in [0.29, 0.717) is 48.2 Å². The van der Waals surface area contributed by atoms with Gasteiger partial charge in [-0.15, -0.1) is 0 Å². The van der Waals surface area contributed by atoms with E-state index in [0.717, 1.165) is 16.8 Å². The number of carbonyl (C=O) groups excluding carboxylic acids is 1. The van der Waals surface area contributed by atoms with Gasteiger partial charge in [0.05, 0.1) is 33.1 Å². The van der Waals surface area contributed by atoms with Gasteiger partial charge in [0.1, 0.15) is 5.82 Å². The van der Waals surface area contributed by atoms with E-state index in [4.69, 9.17) is 23.6 Å². The van der Waals surface area contributed by atoms with Crippen LogP contribution in [0.4, 0.5) is 5.82 Å². The third kappa shape index (κ3) is 5.14. The van der Waals surface area contributed by atoms with Crippen molar-refractivity contribution < 1.29 is 23.4 Å². The topological polar surface area (TPSA) is 80.5 Å². The van der Waals surface area contributed by atoms with Gasteiger partial charge in [0.25, 0.3) is 5.91 Å². The third-order valence-corrected chi connectivity index (χ3v) is 5.30. The van der Waals surface area contributed by atoms with Crippen LogP contribution in [0.1, 0.15) is 16.1 Å². The number of amides is 1. The summed E-state index contributed by atoms with van der Waals surface area (Å²) in [5.74, 6) is 2.44. The summed E-state index contributed by atoms with van der Waals surface area (Å²) in [6.45, 7) is 1.58. The molecule has 0 N–H and O–H groups in total. The van der Waals surface area contributed by atoms with Gasteiger partial charge in [-0.25, -0.2) is 4.98 Å². The van der Waals surface area contributed by atoms with Crippen molar-refractivity contribution in [1.82, 2.24) is 14.8 Å². The summed E-state index contributed by atoms with van der Waals surface area (Å²) in [7, 11) is 12.5. The number of benzene rings is 1. The number of fused-ring (bicyclic) bond motifs is 1. The van der Waals surface area contributed by atoms with Gasteiger partial charge >= 0.3 is 0 Å². The molecule has 1 aromatic carbocycles. The van der Waals surface area contributed by atoms with Crippen molar-refractivity contribution in [3.63, 3.8) is 0 Å². The fourth-order valence-corrected chi connectivity index (χ4v) is 3.66. The smallest absolute Gasteiger partial charge is 0.289 e. The zero-order valence-electron chi connectivity index (χ0n) is 20.3. The molecule has 178 valence electrons. The number of methoxy groups -OCH3 is 3. The summed E-state index contributed by atoms with van der Waals surface area (Å²) in [5, 5.41) is 0.772. The Balaban J connectivity index is 2.13. The molecular formula is C24H32N4O5. The molecule has 0 aliphatic rings. The number of pyridine rings is 1. The number of anilines is 1. The van der Waals surface area contributed by atoms with E-state index >= 15 is 0 Å². The number of ether oxygens (including phenoxy) is 3. The monoisotopic (exact) mass is 456 g/mol. The van der Waals surface area contributed by atoms with Gasteiger partial charge in [0.2, 0.25) is 5.75 Å². The average molecular weight is 457 g/mol. The second-order valence-corrected chi connectivity index (χ2v) is 8.08. The summed E-state index contributed by atoms with van der Waals surface area (Å²) >= 11 is 0. The van der Waals surface area contributed by atoms with Crippen molar-refractivity contribution in [2.45, 2.75) is 6.54 Å². The third-order valence-electron chi connectivity index (χ3n) is 5.30. The average Bonchev–Trinajstić information content (AvgIpc) is 3.34. The van der Waals surface area contributed by atoms with Crippen LogP contribution in [0, 0.1) is 0 Å². The lowest BCUT2D eigenvalue weighted by molar-refractivity contribution is 0.0700. The molecule has 3 aromatic rings. The van der Waals surface area contributed by atoms with Gasteiger partial charge < -0.3 is 33.3 Å². The highest BCUT2D eigenvalue weighted by molar-refractivity contribution is 5.93. The molecule has 0 aliphatic carbocycles. The first-order valence-corrected chi connectivity index (χ1v) is 10.6. The molecule has 0 atom stereocenters. The van der Waals surface area contributed by atoms with Gasteiger partial charge in [0.15, 0.2) is 17.3 Å². The van der Waals surface area contributed by atoms with Gasteiger partial charge in [0, 0.05) is 50.7 Å². The van der Waals surface area contributed by atoms with Crippen LogP contribution in [0.2, 0.25) is 0 Å². The Morgan fingerprint density at radius 1 is 1.00 bits per heavy atom. The zero-order chi connectivity index (χ0) is 24.1. The maximum atomic E-state index is 13.2. The Morgan fingerprint density at radius 2 is 1.73 bits per heavy atom. The summed E-state index contributed by atoms with van der Waals surface area (Å²) in [6, 6.07) is 7.21. The molecule has 33 heavy (non-hydrogen) atoms. The lowest BCUT2D eigenvalue weighted by Gasteiger charge is -2.26. The molecule has 3 rings (SSSR count). The normalized spacial score (nSPS) is 11.0. The number of carbonyl (C=O) groups is 1. The van der Waals surface area contributed by atoms with Gasteiger partial charge in [-0.1, -0.05) is 0 Å². The van der Waals surface area contributed by atoms with E-state index in [1.165, 1.54) is 6.26 Å². The number of likely N-dealkylation sites (N-methyl/N-ethyl adjacent to an activating group) is 1. The first-order chi connectivity index (χ1) is 15.8. The largest absolute Gasteiger partial charge is 0.493 e. The Kier molecular flexibility index (Phi) is 7.65. The SMILES string of the molecule is COc1cc2nc(N(C)C)c(CN(CCN(C)C)C(=O)c3ccco3)cc2c(OC)c1OC. The molecular weight excluding hydrogens is 424 g/mol. The quantitative estimate of drug-likeness (QED) is 0.460. The highest BCUT2D eigenvalue weighted by atomic mass is 16.5. The van der Waals surface area contributed by atoms with Crippen molar-refractivity contribution in [2.24, 2.45) is 0 Å². The fraction of sp³-hybridized carbons (Fsp3) is 0.417. The lowest BCUT2D eigenvalue weighted by atomic mass is 10.1. The van der Waals surface area contributed by atoms with E-state index in [2.05, 4.69) is 0 Å². The molecule has 0 radical (unpaired) electrons. The Hall–Kier alpha value is -3.46. The number of nitrogens with zero attached hydrogens (tertiary/aromatic N) is 4. The van der Waals surface area contributed by atoms with Crippen molar-refractivity contribution in [1.29, 1.82) is 0 Å². The molecule has 0 saturated heterocycles. The Labute approximate surface area is 194 Å². The number of hydrogen-bond donors (Lipinski definition) is 0. The molecule has 0 fully saturated rings. The molecule has 0 bridgehead atoms. The Bertz CT molecular complexity index is 1100. The van der Waals surface area contributed by atoms with Crippen LogP contribution in [-0.2, 0) is 6.54 Å². The number of rotatable bonds is 10. The van der Waals surface area contributed by atoms with Gasteiger partial charge in [-0.05, 0) is 32.3 Å². The molecule has 0 aliphatic heterocycles. The second kappa shape index (κ2) is 10.4. The maximum Gasteiger partial charge on any atom is 0.289 e. The molecule has 2 heterocycles. The van der Waals surface area contributed by atoms with E-state index < -0.39 is 0 Å².